The van der Waals surface area contributed by atoms with E-state index in [0.29, 0.717) is 43.2 Å². The molecule has 1 amide bonds. The first-order chi connectivity index (χ1) is 12.9. The van der Waals surface area contributed by atoms with Gasteiger partial charge in [-0.15, -0.1) is 0 Å². The molecule has 0 aliphatic carbocycles. The van der Waals surface area contributed by atoms with Gasteiger partial charge in [0.2, 0.25) is 21.8 Å². The number of hydrogen-bond donors (Lipinski definition) is 1. The van der Waals surface area contributed by atoms with Crippen molar-refractivity contribution in [2.45, 2.75) is 56.4 Å². The Morgan fingerprint density at radius 1 is 1.30 bits per heavy atom. The Balaban J connectivity index is 1.65. The lowest BCUT2D eigenvalue weighted by atomic mass is 10.0. The van der Waals surface area contributed by atoms with E-state index in [9.17, 15) is 13.2 Å². The molecule has 0 radical (unpaired) electrons. The summed E-state index contributed by atoms with van der Waals surface area (Å²) in [5.74, 6) is 1.00. The maximum atomic E-state index is 13.3. The average Bonchev–Trinajstić information content (AvgIpc) is 3.30. The number of sulfonamides is 1. The number of aryl methyl sites for hydroxylation is 1. The van der Waals surface area contributed by atoms with Crippen molar-refractivity contribution < 1.29 is 17.7 Å². The van der Waals surface area contributed by atoms with Crippen LogP contribution in [0.15, 0.2) is 27.6 Å². The molecule has 1 aromatic heterocycles. The van der Waals surface area contributed by atoms with Gasteiger partial charge in [-0.2, -0.15) is 9.29 Å². The van der Waals surface area contributed by atoms with Gasteiger partial charge in [0.1, 0.15) is 6.04 Å². The average molecular weight is 390 g/mol. The van der Waals surface area contributed by atoms with Crippen molar-refractivity contribution in [2.75, 3.05) is 11.9 Å². The van der Waals surface area contributed by atoms with Crippen molar-refractivity contribution in [3.63, 3.8) is 0 Å². The number of aromatic nitrogens is 2. The van der Waals surface area contributed by atoms with Crippen LogP contribution in [0, 0.1) is 0 Å². The molecule has 0 bridgehead atoms. The van der Waals surface area contributed by atoms with Gasteiger partial charge in [0.05, 0.1) is 4.90 Å². The normalized spacial score (nSPS) is 20.7. The van der Waals surface area contributed by atoms with E-state index < -0.39 is 16.1 Å². The molecule has 9 heteroatoms. The minimum atomic E-state index is -3.70. The Kier molecular flexibility index (Phi) is 4.51. The number of benzene rings is 1. The number of anilines is 1. The summed E-state index contributed by atoms with van der Waals surface area (Å²) in [4.78, 5) is 16.1. The molecule has 2 aliphatic rings. The second-order valence-corrected chi connectivity index (χ2v) is 9.18. The van der Waals surface area contributed by atoms with Crippen LogP contribution in [0.2, 0.25) is 0 Å². The summed E-state index contributed by atoms with van der Waals surface area (Å²) in [6.07, 6.45) is 2.29. The quantitative estimate of drug-likeness (QED) is 0.860. The van der Waals surface area contributed by atoms with Crippen LogP contribution in [0.5, 0.6) is 0 Å². The Morgan fingerprint density at radius 2 is 2.11 bits per heavy atom. The fourth-order valence-corrected chi connectivity index (χ4v) is 5.25. The molecule has 1 N–H and O–H groups in total. The number of nitrogens with one attached hydrogen (secondary N) is 1. The Morgan fingerprint density at radius 3 is 2.85 bits per heavy atom. The van der Waals surface area contributed by atoms with Crippen LogP contribution in [-0.2, 0) is 21.2 Å². The zero-order valence-corrected chi connectivity index (χ0v) is 16.1. The Bertz CT molecular complexity index is 983. The fourth-order valence-electron chi connectivity index (χ4n) is 3.55. The summed E-state index contributed by atoms with van der Waals surface area (Å²) in [5, 5.41) is 6.74. The van der Waals surface area contributed by atoms with Crippen LogP contribution in [-0.4, -0.2) is 35.3 Å². The molecule has 2 aliphatic heterocycles. The number of rotatable bonds is 4. The van der Waals surface area contributed by atoms with E-state index in [1.165, 1.54) is 4.31 Å². The molecule has 0 unspecified atom stereocenters. The molecule has 144 valence electrons. The maximum Gasteiger partial charge on any atom is 0.245 e. The Labute approximate surface area is 158 Å². The smallest absolute Gasteiger partial charge is 0.245 e. The van der Waals surface area contributed by atoms with Gasteiger partial charge in [0.15, 0.2) is 5.82 Å². The number of carbonyl (C=O) groups excluding carboxylic acids is 1. The van der Waals surface area contributed by atoms with Crippen LogP contribution in [0.1, 0.15) is 62.3 Å². The monoisotopic (exact) mass is 390 g/mol. The third-order valence-corrected chi connectivity index (χ3v) is 6.95. The molecule has 1 aromatic carbocycles. The first kappa shape index (κ1) is 18.1. The summed E-state index contributed by atoms with van der Waals surface area (Å²) in [5.41, 5.74) is 1.52. The summed E-state index contributed by atoms with van der Waals surface area (Å²) in [7, 11) is -3.70. The zero-order chi connectivity index (χ0) is 19.2. The number of carbonyl (C=O) groups is 1. The van der Waals surface area contributed by atoms with Gasteiger partial charge in [0.25, 0.3) is 0 Å². The third-order valence-electron chi connectivity index (χ3n) is 5.04. The van der Waals surface area contributed by atoms with Gasteiger partial charge < -0.3 is 9.84 Å². The van der Waals surface area contributed by atoms with Crippen molar-refractivity contribution in [2.24, 2.45) is 0 Å². The molecule has 2 aromatic rings. The fraction of sp³-hybridized carbons (Fsp3) is 0.500. The van der Waals surface area contributed by atoms with E-state index in [-0.39, 0.29) is 16.7 Å². The van der Waals surface area contributed by atoms with Crippen LogP contribution < -0.4 is 5.32 Å². The van der Waals surface area contributed by atoms with E-state index >= 15 is 0 Å². The molecule has 1 atom stereocenters. The van der Waals surface area contributed by atoms with Crippen LogP contribution in [0.25, 0.3) is 0 Å². The third kappa shape index (κ3) is 3.25. The van der Waals surface area contributed by atoms with Crippen molar-refractivity contribution >= 4 is 21.6 Å². The molecule has 0 spiro atoms. The van der Waals surface area contributed by atoms with Crippen molar-refractivity contribution in [1.29, 1.82) is 0 Å². The molecule has 4 rings (SSSR count). The van der Waals surface area contributed by atoms with Crippen molar-refractivity contribution in [1.82, 2.24) is 14.4 Å². The van der Waals surface area contributed by atoms with E-state index in [0.717, 1.165) is 12.0 Å². The molecular weight excluding hydrogens is 368 g/mol. The number of nitrogens with zero attached hydrogens (tertiary/aromatic N) is 3. The van der Waals surface area contributed by atoms with E-state index in [2.05, 4.69) is 15.5 Å². The van der Waals surface area contributed by atoms with Crippen LogP contribution in [0.3, 0.4) is 0 Å². The minimum absolute atomic E-state index is 0.0462. The van der Waals surface area contributed by atoms with E-state index in [1.807, 2.05) is 13.8 Å². The summed E-state index contributed by atoms with van der Waals surface area (Å²) < 4.78 is 33.3. The number of hydrogen-bond acceptors (Lipinski definition) is 6. The molecule has 8 nitrogen and oxygen atoms in total. The number of amides is 1. The standard InChI is InChI=1S/C18H22N4O4S/c1-11(2)17-20-18(26-21-17)15-4-3-9-22(15)27(24,25)13-6-7-14-12(10-13)5-8-16(23)19-14/h6-7,10-11,15H,3-5,8-9H2,1-2H3,(H,19,23)/t15-/m0/s1. The van der Waals surface area contributed by atoms with Gasteiger partial charge in [-0.05, 0) is 43.0 Å². The number of fused-ring (bicyclic) bond motifs is 1. The van der Waals surface area contributed by atoms with Gasteiger partial charge in [-0.1, -0.05) is 19.0 Å². The minimum Gasteiger partial charge on any atom is -0.338 e. The summed E-state index contributed by atoms with van der Waals surface area (Å²) in [6, 6.07) is 4.43. The lowest BCUT2D eigenvalue weighted by Crippen LogP contribution is -2.31. The highest BCUT2D eigenvalue weighted by molar-refractivity contribution is 7.89. The second kappa shape index (κ2) is 6.72. The van der Waals surface area contributed by atoms with Crippen LogP contribution in [0.4, 0.5) is 5.69 Å². The SMILES string of the molecule is CC(C)c1noc([C@@H]2CCCN2S(=O)(=O)c2ccc3c(c2)CCC(=O)N3)n1. The lowest BCUT2D eigenvalue weighted by molar-refractivity contribution is -0.116. The van der Waals surface area contributed by atoms with Crippen molar-refractivity contribution in [3.05, 3.63) is 35.5 Å². The van der Waals surface area contributed by atoms with Crippen LogP contribution >= 0.6 is 0 Å². The summed E-state index contributed by atoms with van der Waals surface area (Å²) in [6.45, 7) is 4.34. The predicted octanol–water partition coefficient (Wildman–Crippen LogP) is 2.60. The highest BCUT2D eigenvalue weighted by atomic mass is 32.2. The molecule has 1 saturated heterocycles. The summed E-state index contributed by atoms with van der Waals surface area (Å²) >= 11 is 0. The molecule has 0 saturated carbocycles. The van der Waals surface area contributed by atoms with Gasteiger partial charge in [0, 0.05) is 24.6 Å². The largest absolute Gasteiger partial charge is 0.338 e. The highest BCUT2D eigenvalue weighted by Gasteiger charge is 2.39. The molecule has 1 fully saturated rings. The highest BCUT2D eigenvalue weighted by Crippen LogP contribution is 2.37. The maximum absolute atomic E-state index is 13.3. The molecule has 3 heterocycles. The lowest BCUT2D eigenvalue weighted by Gasteiger charge is -2.23. The van der Waals surface area contributed by atoms with Gasteiger partial charge in [-0.3, -0.25) is 4.79 Å². The van der Waals surface area contributed by atoms with E-state index in [4.69, 9.17) is 4.52 Å². The second-order valence-electron chi connectivity index (χ2n) is 7.29. The van der Waals surface area contributed by atoms with E-state index in [1.54, 1.807) is 18.2 Å². The zero-order valence-electron chi connectivity index (χ0n) is 15.3. The molecule has 27 heavy (non-hydrogen) atoms. The molecular formula is C18H22N4O4S. The predicted molar refractivity (Wildman–Crippen MR) is 97.6 cm³/mol. The van der Waals surface area contributed by atoms with Gasteiger partial charge in [-0.25, -0.2) is 8.42 Å². The Hall–Kier alpha value is -2.26. The topological polar surface area (TPSA) is 105 Å². The van der Waals surface area contributed by atoms with Crippen molar-refractivity contribution in [3.8, 4) is 0 Å². The first-order valence-electron chi connectivity index (χ1n) is 9.14. The first-order valence-corrected chi connectivity index (χ1v) is 10.6. The van der Waals surface area contributed by atoms with Gasteiger partial charge >= 0.3 is 0 Å².